The van der Waals surface area contributed by atoms with Crippen molar-refractivity contribution in [2.75, 3.05) is 32.0 Å². The molecule has 2 aromatic rings. The van der Waals surface area contributed by atoms with Crippen LogP contribution in [-0.2, 0) is 16.4 Å². The van der Waals surface area contributed by atoms with E-state index in [1.807, 2.05) is 0 Å². The van der Waals surface area contributed by atoms with Crippen molar-refractivity contribution in [3.05, 3.63) is 53.3 Å². The minimum Gasteiger partial charge on any atom is -0.380 e. The summed E-state index contributed by atoms with van der Waals surface area (Å²) in [5.41, 5.74) is -0.664. The fourth-order valence-electron chi connectivity index (χ4n) is 4.52. The highest BCUT2D eigenvalue weighted by molar-refractivity contribution is 7.89. The predicted molar refractivity (Wildman–Crippen MR) is 119 cm³/mol. The van der Waals surface area contributed by atoms with E-state index >= 15 is 4.39 Å². The number of carbonyl (C=O) groups excluding carboxylic acids is 1. The maximum absolute atomic E-state index is 15.7. The number of urea groups is 1. The van der Waals surface area contributed by atoms with Gasteiger partial charge in [-0.25, -0.2) is 35.5 Å². The summed E-state index contributed by atoms with van der Waals surface area (Å²) in [5.74, 6) is -6.73. The first-order valence-corrected chi connectivity index (χ1v) is 12.4. The van der Waals surface area contributed by atoms with Crippen molar-refractivity contribution >= 4 is 21.7 Å². The Morgan fingerprint density at radius 1 is 1.14 bits per heavy atom. The molecule has 14 heteroatoms. The third-order valence-corrected chi connectivity index (χ3v) is 7.35. The number of anilines is 1. The largest absolute Gasteiger partial charge is 0.380 e. The molecule has 3 atom stereocenters. The van der Waals surface area contributed by atoms with Crippen molar-refractivity contribution in [2.45, 2.75) is 30.4 Å². The molecule has 2 amide bonds. The summed E-state index contributed by atoms with van der Waals surface area (Å²) >= 11 is 0. The SMILES string of the molecule is CN1CCNc2c(F)cc(F)cc2-c2cccc(c2F)C[C@H]2[C@@H](NS(=O)(=O)C(F)F)[C@@H](F)CN2C1=O. The van der Waals surface area contributed by atoms with Crippen molar-refractivity contribution in [1.82, 2.24) is 14.5 Å². The third kappa shape index (κ3) is 4.83. The molecule has 2 bridgehead atoms. The summed E-state index contributed by atoms with van der Waals surface area (Å²) in [7, 11) is -3.89. The highest BCUT2D eigenvalue weighted by atomic mass is 32.2. The van der Waals surface area contributed by atoms with Crippen LogP contribution < -0.4 is 10.0 Å². The number of carbonyl (C=O) groups is 1. The molecule has 1 saturated heterocycles. The van der Waals surface area contributed by atoms with Crippen LogP contribution in [-0.4, -0.2) is 74.9 Å². The van der Waals surface area contributed by atoms with E-state index in [-0.39, 0.29) is 35.5 Å². The molecule has 2 N–H and O–H groups in total. The summed E-state index contributed by atoms with van der Waals surface area (Å²) in [4.78, 5) is 15.2. The van der Waals surface area contributed by atoms with Gasteiger partial charge in [0, 0.05) is 37.3 Å². The zero-order valence-corrected chi connectivity index (χ0v) is 19.6. The van der Waals surface area contributed by atoms with Crippen LogP contribution in [0.4, 0.5) is 36.8 Å². The lowest BCUT2D eigenvalue weighted by atomic mass is 9.95. The van der Waals surface area contributed by atoms with Crippen molar-refractivity contribution in [3.8, 4) is 11.1 Å². The minimum absolute atomic E-state index is 0.0528. The van der Waals surface area contributed by atoms with E-state index in [1.54, 1.807) is 4.72 Å². The number of likely N-dealkylation sites (N-methyl/N-ethyl adjacent to an activating group) is 1. The molecule has 7 nitrogen and oxygen atoms in total. The number of halogens is 6. The van der Waals surface area contributed by atoms with Gasteiger partial charge in [0.25, 0.3) is 10.0 Å². The van der Waals surface area contributed by atoms with Gasteiger partial charge in [0.2, 0.25) is 0 Å². The van der Waals surface area contributed by atoms with Gasteiger partial charge in [-0.3, -0.25) is 0 Å². The van der Waals surface area contributed by atoms with E-state index in [0.717, 1.165) is 15.9 Å². The molecule has 0 aliphatic carbocycles. The topological polar surface area (TPSA) is 81.8 Å². The van der Waals surface area contributed by atoms with Crippen LogP contribution in [0.3, 0.4) is 0 Å². The second-order valence-corrected chi connectivity index (χ2v) is 10.3. The predicted octanol–water partition coefficient (Wildman–Crippen LogP) is 3.32. The summed E-state index contributed by atoms with van der Waals surface area (Å²) in [6, 6.07) is 1.56. The summed E-state index contributed by atoms with van der Waals surface area (Å²) in [6.07, 6.45) is -2.52. The molecule has 1 fully saturated rings. The lowest BCUT2D eigenvalue weighted by Gasteiger charge is -2.31. The molecule has 2 aliphatic heterocycles. The number of alkyl halides is 3. The molecule has 0 spiro atoms. The first-order valence-electron chi connectivity index (χ1n) is 10.9. The average molecular weight is 536 g/mol. The van der Waals surface area contributed by atoms with Gasteiger partial charge in [-0.1, -0.05) is 18.2 Å². The number of amides is 2. The molecule has 2 aromatic carbocycles. The molecule has 196 valence electrons. The second kappa shape index (κ2) is 9.81. The smallest absolute Gasteiger partial charge is 0.350 e. The molecular formula is C22H22F6N4O3S. The lowest BCUT2D eigenvalue weighted by molar-refractivity contribution is 0.155. The Balaban J connectivity index is 1.85. The number of benzene rings is 2. The van der Waals surface area contributed by atoms with E-state index in [0.29, 0.717) is 6.07 Å². The van der Waals surface area contributed by atoms with Gasteiger partial charge in [-0.05, 0) is 18.1 Å². The monoisotopic (exact) mass is 536 g/mol. The van der Waals surface area contributed by atoms with Gasteiger partial charge in [0.1, 0.15) is 23.6 Å². The molecule has 2 heterocycles. The Morgan fingerprint density at radius 3 is 2.56 bits per heavy atom. The number of fused-ring (bicyclic) bond motifs is 5. The van der Waals surface area contributed by atoms with E-state index in [2.05, 4.69) is 5.32 Å². The van der Waals surface area contributed by atoms with Crippen molar-refractivity contribution < 1.29 is 39.6 Å². The van der Waals surface area contributed by atoms with Crippen molar-refractivity contribution in [3.63, 3.8) is 0 Å². The zero-order chi connectivity index (χ0) is 26.4. The quantitative estimate of drug-likeness (QED) is 0.590. The van der Waals surface area contributed by atoms with Gasteiger partial charge in [0.05, 0.1) is 24.3 Å². The Bertz CT molecular complexity index is 1280. The average Bonchev–Trinajstić information content (AvgIpc) is 3.09. The molecular weight excluding hydrogens is 514 g/mol. The lowest BCUT2D eigenvalue weighted by Crippen LogP contribution is -2.53. The van der Waals surface area contributed by atoms with Crippen LogP contribution in [0, 0.1) is 17.5 Å². The zero-order valence-electron chi connectivity index (χ0n) is 18.8. The van der Waals surface area contributed by atoms with Crippen LogP contribution in [0.5, 0.6) is 0 Å². The van der Waals surface area contributed by atoms with E-state index in [4.69, 9.17) is 0 Å². The number of hydrogen-bond acceptors (Lipinski definition) is 4. The highest BCUT2D eigenvalue weighted by Crippen LogP contribution is 2.36. The molecule has 36 heavy (non-hydrogen) atoms. The molecule has 4 rings (SSSR count). The maximum atomic E-state index is 15.7. The Kier molecular flexibility index (Phi) is 7.10. The van der Waals surface area contributed by atoms with Gasteiger partial charge >= 0.3 is 11.8 Å². The van der Waals surface area contributed by atoms with Gasteiger partial charge in [-0.15, -0.1) is 0 Å². The van der Waals surface area contributed by atoms with E-state index < -0.39 is 70.5 Å². The molecule has 0 radical (unpaired) electrons. The summed E-state index contributed by atoms with van der Waals surface area (Å²) < 4.78 is 111. The number of nitrogens with zero attached hydrogens (tertiary/aromatic N) is 2. The Morgan fingerprint density at radius 2 is 1.86 bits per heavy atom. The normalized spacial score (nSPS) is 22.9. The number of nitrogens with one attached hydrogen (secondary N) is 2. The summed E-state index contributed by atoms with van der Waals surface area (Å²) in [6.45, 7) is -0.736. The van der Waals surface area contributed by atoms with Gasteiger partial charge < -0.3 is 15.1 Å². The standard InChI is InChI=1S/C22H22F6N4O3S/c1-31-6-5-29-19-14(8-12(23)9-15(19)24)13-4-2-3-11(18(13)26)7-17-20(30-36(34,35)21(27)28)16(25)10-32(17)22(31)33/h2-4,8-9,16-17,20-21,29-30H,5-7,10H2,1H3/t16-,17-,20-/m0/s1. The van der Waals surface area contributed by atoms with Gasteiger partial charge in [0.15, 0.2) is 0 Å². The third-order valence-electron chi connectivity index (χ3n) is 6.28. The highest BCUT2D eigenvalue weighted by Gasteiger charge is 2.48. The maximum Gasteiger partial charge on any atom is 0.350 e. The second-order valence-electron chi connectivity index (χ2n) is 8.61. The fourth-order valence-corrected chi connectivity index (χ4v) is 5.31. The molecule has 0 unspecified atom stereocenters. The fraction of sp³-hybridized carbons (Fsp3) is 0.409. The molecule has 0 aromatic heterocycles. The summed E-state index contributed by atoms with van der Waals surface area (Å²) in [5, 5.41) is 2.74. The molecule has 2 aliphatic rings. The Hall–Kier alpha value is -3.00. The number of rotatable bonds is 3. The first-order chi connectivity index (χ1) is 16.9. The van der Waals surface area contributed by atoms with Crippen molar-refractivity contribution in [1.29, 1.82) is 0 Å². The number of sulfonamides is 1. The first kappa shape index (κ1) is 26.1. The Labute approximate surface area is 203 Å². The van der Waals surface area contributed by atoms with E-state index in [1.165, 1.54) is 25.2 Å². The van der Waals surface area contributed by atoms with E-state index in [9.17, 15) is 35.2 Å². The molecule has 0 saturated carbocycles. The van der Waals surface area contributed by atoms with Crippen LogP contribution in [0.15, 0.2) is 30.3 Å². The number of hydrogen-bond donors (Lipinski definition) is 2. The van der Waals surface area contributed by atoms with Crippen LogP contribution in [0.1, 0.15) is 5.56 Å². The van der Waals surface area contributed by atoms with Crippen LogP contribution in [0.2, 0.25) is 0 Å². The van der Waals surface area contributed by atoms with Gasteiger partial charge in [-0.2, -0.15) is 8.78 Å². The minimum atomic E-state index is -5.24. The van der Waals surface area contributed by atoms with Crippen molar-refractivity contribution in [2.24, 2.45) is 0 Å². The van der Waals surface area contributed by atoms with Crippen LogP contribution >= 0.6 is 0 Å². The van der Waals surface area contributed by atoms with Crippen LogP contribution in [0.25, 0.3) is 11.1 Å².